The fourth-order valence-corrected chi connectivity index (χ4v) is 2.19. The quantitative estimate of drug-likeness (QED) is 0.793. The van der Waals surface area contributed by atoms with E-state index in [1.165, 1.54) is 11.1 Å². The summed E-state index contributed by atoms with van der Waals surface area (Å²) in [5, 5.41) is 0. The van der Waals surface area contributed by atoms with Gasteiger partial charge in [0.2, 0.25) is 0 Å². The van der Waals surface area contributed by atoms with Gasteiger partial charge in [-0.25, -0.2) is 0 Å². The molecule has 94 valence electrons. The summed E-state index contributed by atoms with van der Waals surface area (Å²) in [6, 6.07) is 8.67. The molecule has 2 atom stereocenters. The van der Waals surface area contributed by atoms with Crippen LogP contribution in [0.5, 0.6) is 0 Å². The molecule has 1 aromatic rings. The Morgan fingerprint density at radius 3 is 2.35 bits per heavy atom. The minimum Gasteiger partial charge on any atom is -0.373 e. The summed E-state index contributed by atoms with van der Waals surface area (Å²) in [6.07, 6.45) is 3.76. The summed E-state index contributed by atoms with van der Waals surface area (Å²) in [4.78, 5) is 0. The van der Waals surface area contributed by atoms with Gasteiger partial charge in [-0.2, -0.15) is 0 Å². The first kappa shape index (κ1) is 12.6. The molecule has 0 aromatic heterocycles. The lowest BCUT2D eigenvalue weighted by molar-refractivity contribution is -0.137. The van der Waals surface area contributed by atoms with Gasteiger partial charge in [0.1, 0.15) is 6.10 Å². The summed E-state index contributed by atoms with van der Waals surface area (Å²) < 4.78 is 11.7. The zero-order valence-corrected chi connectivity index (χ0v) is 10.8. The summed E-state index contributed by atoms with van der Waals surface area (Å²) in [6.45, 7) is 5.77. The minimum atomic E-state index is 0.119. The minimum absolute atomic E-state index is 0.119. The van der Waals surface area contributed by atoms with E-state index in [2.05, 4.69) is 38.1 Å². The Morgan fingerprint density at radius 2 is 1.82 bits per heavy atom. The van der Waals surface area contributed by atoms with Crippen LogP contribution in [0.25, 0.3) is 0 Å². The van der Waals surface area contributed by atoms with E-state index < -0.39 is 0 Å². The summed E-state index contributed by atoms with van der Waals surface area (Å²) in [5.41, 5.74) is 2.60. The van der Waals surface area contributed by atoms with Crippen LogP contribution in [-0.2, 0) is 15.9 Å². The van der Waals surface area contributed by atoms with Gasteiger partial charge >= 0.3 is 0 Å². The highest BCUT2D eigenvalue weighted by atomic mass is 16.6. The van der Waals surface area contributed by atoms with Crippen molar-refractivity contribution >= 4 is 0 Å². The van der Waals surface area contributed by atoms with E-state index in [4.69, 9.17) is 9.47 Å². The van der Waals surface area contributed by atoms with Crippen LogP contribution in [0.2, 0.25) is 0 Å². The number of hydrogen-bond acceptors (Lipinski definition) is 2. The van der Waals surface area contributed by atoms with Gasteiger partial charge in [0, 0.05) is 0 Å². The molecule has 0 spiro atoms. The SMILES string of the molecule is CCC[C@@H]1CO[C@@H](c2ccc(CC)cc2)CO1. The van der Waals surface area contributed by atoms with Gasteiger partial charge in [-0.1, -0.05) is 44.5 Å². The first-order valence-electron chi connectivity index (χ1n) is 6.65. The smallest absolute Gasteiger partial charge is 0.106 e. The van der Waals surface area contributed by atoms with Crippen LogP contribution in [-0.4, -0.2) is 19.3 Å². The summed E-state index contributed by atoms with van der Waals surface area (Å²) in [5.74, 6) is 0. The fourth-order valence-electron chi connectivity index (χ4n) is 2.19. The third-order valence-corrected chi connectivity index (χ3v) is 3.34. The van der Waals surface area contributed by atoms with Crippen molar-refractivity contribution in [3.8, 4) is 0 Å². The Hall–Kier alpha value is -0.860. The van der Waals surface area contributed by atoms with Gasteiger partial charge in [-0.05, 0) is 24.0 Å². The van der Waals surface area contributed by atoms with Crippen LogP contribution in [0.3, 0.4) is 0 Å². The third-order valence-electron chi connectivity index (χ3n) is 3.34. The molecule has 1 aromatic carbocycles. The lowest BCUT2D eigenvalue weighted by Crippen LogP contribution is -2.30. The predicted molar refractivity (Wildman–Crippen MR) is 69.2 cm³/mol. The lowest BCUT2D eigenvalue weighted by atomic mass is 10.1. The molecule has 0 aliphatic carbocycles. The molecule has 0 N–H and O–H groups in total. The van der Waals surface area contributed by atoms with Gasteiger partial charge in [-0.15, -0.1) is 0 Å². The third kappa shape index (κ3) is 3.30. The Morgan fingerprint density at radius 1 is 1.06 bits per heavy atom. The van der Waals surface area contributed by atoms with Crippen LogP contribution in [0, 0.1) is 0 Å². The standard InChI is InChI=1S/C15H22O2/c1-3-5-14-10-17-15(11-16-14)13-8-6-12(4-2)7-9-13/h6-9,14-15H,3-5,10-11H2,1-2H3/t14-,15-/m1/s1. The molecule has 0 bridgehead atoms. The van der Waals surface area contributed by atoms with Crippen molar-refractivity contribution in [1.82, 2.24) is 0 Å². The molecule has 1 heterocycles. The first-order valence-corrected chi connectivity index (χ1v) is 6.65. The average Bonchev–Trinajstić information content (AvgIpc) is 2.40. The largest absolute Gasteiger partial charge is 0.373 e. The second-order valence-corrected chi connectivity index (χ2v) is 4.66. The number of aryl methyl sites for hydroxylation is 1. The normalized spacial score (nSPS) is 24.8. The molecule has 0 amide bonds. The van der Waals surface area contributed by atoms with Gasteiger partial charge in [-0.3, -0.25) is 0 Å². The molecule has 1 aliphatic rings. The maximum atomic E-state index is 5.88. The van der Waals surface area contributed by atoms with Crippen LogP contribution >= 0.6 is 0 Å². The molecule has 2 heteroatoms. The molecule has 1 saturated heterocycles. The molecule has 0 saturated carbocycles. The van der Waals surface area contributed by atoms with Crippen molar-refractivity contribution in [3.05, 3.63) is 35.4 Å². The molecule has 1 aliphatic heterocycles. The predicted octanol–water partition coefficient (Wildman–Crippen LogP) is 3.51. The Kier molecular flexibility index (Phi) is 4.57. The first-order chi connectivity index (χ1) is 8.33. The monoisotopic (exact) mass is 234 g/mol. The lowest BCUT2D eigenvalue weighted by Gasteiger charge is -2.29. The second kappa shape index (κ2) is 6.18. The number of ether oxygens (including phenoxy) is 2. The maximum Gasteiger partial charge on any atom is 0.106 e. The van der Waals surface area contributed by atoms with Crippen LogP contribution in [0.1, 0.15) is 43.9 Å². The summed E-state index contributed by atoms with van der Waals surface area (Å²) >= 11 is 0. The number of rotatable bonds is 4. The van der Waals surface area contributed by atoms with E-state index >= 15 is 0 Å². The molecular weight excluding hydrogens is 212 g/mol. The van der Waals surface area contributed by atoms with Crippen molar-refractivity contribution in [2.45, 2.75) is 45.3 Å². The van der Waals surface area contributed by atoms with Gasteiger partial charge in [0.05, 0.1) is 19.3 Å². The molecular formula is C15H22O2. The Labute approximate surface area is 104 Å². The fraction of sp³-hybridized carbons (Fsp3) is 0.600. The van der Waals surface area contributed by atoms with E-state index in [-0.39, 0.29) is 6.10 Å². The van der Waals surface area contributed by atoms with Crippen LogP contribution in [0.15, 0.2) is 24.3 Å². The van der Waals surface area contributed by atoms with E-state index in [0.717, 1.165) is 25.9 Å². The van der Waals surface area contributed by atoms with E-state index in [0.29, 0.717) is 12.7 Å². The van der Waals surface area contributed by atoms with Crippen molar-refractivity contribution in [2.75, 3.05) is 13.2 Å². The zero-order chi connectivity index (χ0) is 12.1. The van der Waals surface area contributed by atoms with E-state index in [9.17, 15) is 0 Å². The van der Waals surface area contributed by atoms with Crippen molar-refractivity contribution < 1.29 is 9.47 Å². The Bertz CT molecular complexity index is 323. The zero-order valence-electron chi connectivity index (χ0n) is 10.8. The van der Waals surface area contributed by atoms with Crippen LogP contribution < -0.4 is 0 Å². The van der Waals surface area contributed by atoms with Gasteiger partial charge in [0.15, 0.2) is 0 Å². The van der Waals surface area contributed by atoms with Crippen molar-refractivity contribution in [3.63, 3.8) is 0 Å². The molecule has 2 rings (SSSR count). The number of hydrogen-bond donors (Lipinski definition) is 0. The van der Waals surface area contributed by atoms with Crippen LogP contribution in [0.4, 0.5) is 0 Å². The topological polar surface area (TPSA) is 18.5 Å². The second-order valence-electron chi connectivity index (χ2n) is 4.66. The molecule has 2 nitrogen and oxygen atoms in total. The molecule has 0 unspecified atom stereocenters. The van der Waals surface area contributed by atoms with E-state index in [1.807, 2.05) is 0 Å². The number of benzene rings is 1. The summed E-state index contributed by atoms with van der Waals surface area (Å²) in [7, 11) is 0. The highest BCUT2D eigenvalue weighted by Crippen LogP contribution is 2.24. The van der Waals surface area contributed by atoms with E-state index in [1.54, 1.807) is 0 Å². The molecule has 17 heavy (non-hydrogen) atoms. The van der Waals surface area contributed by atoms with Gasteiger partial charge in [0.25, 0.3) is 0 Å². The maximum absolute atomic E-state index is 5.88. The molecule has 1 fully saturated rings. The van der Waals surface area contributed by atoms with Gasteiger partial charge < -0.3 is 9.47 Å². The molecule has 0 radical (unpaired) electrons. The van der Waals surface area contributed by atoms with Crippen molar-refractivity contribution in [1.29, 1.82) is 0 Å². The highest BCUT2D eigenvalue weighted by Gasteiger charge is 2.22. The average molecular weight is 234 g/mol. The highest BCUT2D eigenvalue weighted by molar-refractivity contribution is 5.24. The van der Waals surface area contributed by atoms with Crippen molar-refractivity contribution in [2.24, 2.45) is 0 Å². The Balaban J connectivity index is 1.91.